The van der Waals surface area contributed by atoms with E-state index in [-0.39, 0.29) is 5.82 Å². The summed E-state index contributed by atoms with van der Waals surface area (Å²) in [5, 5.41) is 7.40. The molecule has 2 aromatic heterocycles. The Hall–Kier alpha value is -2.41. The number of aryl methyl sites for hydroxylation is 1. The van der Waals surface area contributed by atoms with Gasteiger partial charge < -0.3 is 15.2 Å². The van der Waals surface area contributed by atoms with Gasteiger partial charge in [-0.2, -0.15) is 0 Å². The topological polar surface area (TPSA) is 56.3 Å². The molecule has 3 rings (SSSR count). The number of aliphatic imine (C=N–C) groups is 1. The number of guanidine groups is 1. The summed E-state index contributed by atoms with van der Waals surface area (Å²) in [6, 6.07) is 4.82. The van der Waals surface area contributed by atoms with Gasteiger partial charge in [0.25, 0.3) is 0 Å². The second-order valence-electron chi connectivity index (χ2n) is 6.20. The van der Waals surface area contributed by atoms with Gasteiger partial charge in [0.2, 0.25) is 0 Å². The SMILES string of the molecule is CCNC(=NCCc1c[nH]c2ccc(F)cc12)N(C)Cc1csc(C)n1. The minimum atomic E-state index is -0.214. The smallest absolute Gasteiger partial charge is 0.194 e. The molecule has 0 aliphatic heterocycles. The zero-order chi connectivity index (χ0) is 18.5. The number of halogens is 1. The highest BCUT2D eigenvalue weighted by atomic mass is 32.1. The number of aromatic nitrogens is 2. The highest BCUT2D eigenvalue weighted by Crippen LogP contribution is 2.19. The van der Waals surface area contributed by atoms with Crippen molar-refractivity contribution in [3.05, 3.63) is 51.9 Å². The number of aromatic amines is 1. The lowest BCUT2D eigenvalue weighted by atomic mass is 10.1. The van der Waals surface area contributed by atoms with Crippen LogP contribution in [0.25, 0.3) is 10.9 Å². The van der Waals surface area contributed by atoms with E-state index in [4.69, 9.17) is 4.99 Å². The molecule has 2 N–H and O–H groups in total. The molecule has 3 aromatic rings. The molecule has 0 atom stereocenters. The van der Waals surface area contributed by atoms with Crippen LogP contribution in [0.5, 0.6) is 0 Å². The maximum absolute atomic E-state index is 13.5. The van der Waals surface area contributed by atoms with Crippen LogP contribution in [-0.4, -0.2) is 41.0 Å². The summed E-state index contributed by atoms with van der Waals surface area (Å²) in [5.74, 6) is 0.637. The molecule has 0 fully saturated rings. The molecule has 26 heavy (non-hydrogen) atoms. The molecule has 0 saturated heterocycles. The lowest BCUT2D eigenvalue weighted by Crippen LogP contribution is -2.38. The van der Waals surface area contributed by atoms with Crippen LogP contribution in [0, 0.1) is 12.7 Å². The monoisotopic (exact) mass is 373 g/mol. The highest BCUT2D eigenvalue weighted by Gasteiger charge is 2.09. The Labute approximate surface area is 157 Å². The second kappa shape index (κ2) is 8.31. The summed E-state index contributed by atoms with van der Waals surface area (Å²) in [7, 11) is 2.01. The summed E-state index contributed by atoms with van der Waals surface area (Å²) in [4.78, 5) is 14.5. The van der Waals surface area contributed by atoms with Crippen LogP contribution < -0.4 is 5.32 Å². The predicted molar refractivity (Wildman–Crippen MR) is 106 cm³/mol. The van der Waals surface area contributed by atoms with Gasteiger partial charge in [0.05, 0.1) is 17.2 Å². The zero-order valence-corrected chi connectivity index (χ0v) is 16.2. The van der Waals surface area contributed by atoms with Gasteiger partial charge in [0.15, 0.2) is 5.96 Å². The summed E-state index contributed by atoms with van der Waals surface area (Å²) < 4.78 is 13.5. The molecular formula is C19H24FN5S. The molecular weight excluding hydrogens is 349 g/mol. The summed E-state index contributed by atoms with van der Waals surface area (Å²) in [6.45, 7) is 6.22. The van der Waals surface area contributed by atoms with Gasteiger partial charge >= 0.3 is 0 Å². The van der Waals surface area contributed by atoms with E-state index in [1.807, 2.05) is 20.2 Å². The first-order chi connectivity index (χ1) is 12.6. The van der Waals surface area contributed by atoms with Gasteiger partial charge in [-0.05, 0) is 44.0 Å². The van der Waals surface area contributed by atoms with Crippen LogP contribution in [0.3, 0.4) is 0 Å². The van der Waals surface area contributed by atoms with Crippen LogP contribution >= 0.6 is 11.3 Å². The van der Waals surface area contributed by atoms with Gasteiger partial charge in [-0.15, -0.1) is 11.3 Å². The van der Waals surface area contributed by atoms with E-state index in [1.165, 1.54) is 6.07 Å². The number of H-pyrrole nitrogens is 1. The lowest BCUT2D eigenvalue weighted by Gasteiger charge is -2.21. The van der Waals surface area contributed by atoms with Crippen molar-refractivity contribution in [3.8, 4) is 0 Å². The van der Waals surface area contributed by atoms with Crippen molar-refractivity contribution in [3.63, 3.8) is 0 Å². The highest BCUT2D eigenvalue weighted by molar-refractivity contribution is 7.09. The molecule has 0 saturated carbocycles. The van der Waals surface area contributed by atoms with Gasteiger partial charge in [-0.3, -0.25) is 4.99 Å². The predicted octanol–water partition coefficient (Wildman–Crippen LogP) is 3.71. The second-order valence-corrected chi connectivity index (χ2v) is 7.27. The molecule has 0 aliphatic rings. The molecule has 5 nitrogen and oxygen atoms in total. The molecule has 0 radical (unpaired) electrons. The van der Waals surface area contributed by atoms with Crippen molar-refractivity contribution >= 4 is 28.2 Å². The van der Waals surface area contributed by atoms with Crippen LogP contribution in [0.4, 0.5) is 4.39 Å². The first-order valence-corrected chi connectivity index (χ1v) is 9.60. The first kappa shape index (κ1) is 18.4. The third-order valence-electron chi connectivity index (χ3n) is 4.13. The number of rotatable bonds is 6. The van der Waals surface area contributed by atoms with E-state index >= 15 is 0 Å². The van der Waals surface area contributed by atoms with Gasteiger partial charge in [-0.25, -0.2) is 9.37 Å². The number of benzene rings is 1. The summed E-state index contributed by atoms with van der Waals surface area (Å²) in [5.41, 5.74) is 3.08. The van der Waals surface area contributed by atoms with E-state index < -0.39 is 0 Å². The van der Waals surface area contributed by atoms with Crippen LogP contribution in [-0.2, 0) is 13.0 Å². The Morgan fingerprint density at radius 2 is 2.27 bits per heavy atom. The molecule has 0 amide bonds. The molecule has 1 aromatic carbocycles. The van der Waals surface area contributed by atoms with E-state index in [0.29, 0.717) is 13.1 Å². The quantitative estimate of drug-likeness (QED) is 0.512. The molecule has 0 bridgehead atoms. The largest absolute Gasteiger partial charge is 0.361 e. The third-order valence-corrected chi connectivity index (χ3v) is 4.96. The number of thiazole rings is 1. The normalized spacial score (nSPS) is 11.9. The molecule has 138 valence electrons. The number of nitrogens with one attached hydrogen (secondary N) is 2. The fraction of sp³-hybridized carbons (Fsp3) is 0.368. The Morgan fingerprint density at radius 3 is 3.00 bits per heavy atom. The van der Waals surface area contributed by atoms with E-state index in [1.54, 1.807) is 23.5 Å². The maximum Gasteiger partial charge on any atom is 0.194 e. The minimum Gasteiger partial charge on any atom is -0.361 e. The van der Waals surface area contributed by atoms with Crippen molar-refractivity contribution in [1.29, 1.82) is 0 Å². The maximum atomic E-state index is 13.5. The van der Waals surface area contributed by atoms with Gasteiger partial charge in [-0.1, -0.05) is 0 Å². The third kappa shape index (κ3) is 4.40. The first-order valence-electron chi connectivity index (χ1n) is 8.72. The number of nitrogens with zero attached hydrogens (tertiary/aromatic N) is 3. The Bertz CT molecular complexity index is 898. The lowest BCUT2D eigenvalue weighted by molar-refractivity contribution is 0.471. The minimum absolute atomic E-state index is 0.214. The fourth-order valence-corrected chi connectivity index (χ4v) is 3.51. The van der Waals surface area contributed by atoms with Crippen LogP contribution in [0.2, 0.25) is 0 Å². The van der Waals surface area contributed by atoms with E-state index in [9.17, 15) is 4.39 Å². The van der Waals surface area contributed by atoms with Gasteiger partial charge in [0.1, 0.15) is 5.82 Å². The molecule has 0 unspecified atom stereocenters. The molecule has 0 aliphatic carbocycles. The number of fused-ring (bicyclic) bond motifs is 1. The Kier molecular flexibility index (Phi) is 5.88. The number of hydrogen-bond acceptors (Lipinski definition) is 3. The molecule has 2 heterocycles. The van der Waals surface area contributed by atoms with E-state index in [0.717, 1.165) is 46.1 Å². The Balaban J connectivity index is 1.67. The number of hydrogen-bond donors (Lipinski definition) is 2. The van der Waals surface area contributed by atoms with Gasteiger partial charge in [0, 0.05) is 42.6 Å². The summed E-state index contributed by atoms with van der Waals surface area (Å²) in [6.07, 6.45) is 2.69. The Morgan fingerprint density at radius 1 is 1.42 bits per heavy atom. The van der Waals surface area contributed by atoms with Crippen molar-refractivity contribution in [2.45, 2.75) is 26.8 Å². The molecule has 0 spiro atoms. The van der Waals surface area contributed by atoms with Crippen molar-refractivity contribution < 1.29 is 4.39 Å². The van der Waals surface area contributed by atoms with Crippen molar-refractivity contribution in [2.24, 2.45) is 4.99 Å². The summed E-state index contributed by atoms with van der Waals surface area (Å²) >= 11 is 1.66. The zero-order valence-electron chi connectivity index (χ0n) is 15.3. The van der Waals surface area contributed by atoms with Crippen LogP contribution in [0.15, 0.2) is 34.8 Å². The van der Waals surface area contributed by atoms with E-state index in [2.05, 4.69) is 32.5 Å². The average Bonchev–Trinajstić information content (AvgIpc) is 3.20. The standard InChI is InChI=1S/C19H24FN5S/c1-4-21-19(25(3)11-16-12-26-13(2)24-16)22-8-7-14-10-23-18-6-5-15(20)9-17(14)18/h5-6,9-10,12,23H,4,7-8,11H2,1-3H3,(H,21,22). The molecule has 7 heteroatoms. The fourth-order valence-electron chi connectivity index (χ4n) is 2.91. The van der Waals surface area contributed by atoms with Crippen molar-refractivity contribution in [1.82, 2.24) is 20.2 Å². The van der Waals surface area contributed by atoms with Crippen LogP contribution in [0.1, 0.15) is 23.2 Å². The average molecular weight is 374 g/mol. The van der Waals surface area contributed by atoms with Crippen molar-refractivity contribution in [2.75, 3.05) is 20.1 Å².